The summed E-state index contributed by atoms with van der Waals surface area (Å²) in [7, 11) is 0. The fraction of sp³-hybridized carbons (Fsp3) is 0.417. The smallest absolute Gasteiger partial charge is 0.305 e. The van der Waals surface area contributed by atoms with E-state index in [0.717, 1.165) is 10.1 Å². The SMILES string of the molecule is FC(F)(F)c1nnc2n1CCN(Cc1cccnc1Cl)C2. The predicted molar refractivity (Wildman–Crippen MR) is 68.4 cm³/mol. The average molecular weight is 318 g/mol. The summed E-state index contributed by atoms with van der Waals surface area (Å²) in [6.45, 7) is 1.49. The lowest BCUT2D eigenvalue weighted by molar-refractivity contribution is -0.148. The van der Waals surface area contributed by atoms with Crippen LogP contribution in [0.1, 0.15) is 17.2 Å². The molecule has 0 atom stereocenters. The molecule has 2 aromatic heterocycles. The van der Waals surface area contributed by atoms with Gasteiger partial charge in [-0.3, -0.25) is 4.90 Å². The largest absolute Gasteiger partial charge is 0.451 e. The summed E-state index contributed by atoms with van der Waals surface area (Å²) >= 11 is 5.99. The van der Waals surface area contributed by atoms with E-state index >= 15 is 0 Å². The maximum atomic E-state index is 12.7. The highest BCUT2D eigenvalue weighted by Gasteiger charge is 2.39. The second kappa shape index (κ2) is 5.27. The van der Waals surface area contributed by atoms with Crippen LogP contribution in [-0.2, 0) is 25.8 Å². The van der Waals surface area contributed by atoms with Crippen molar-refractivity contribution in [2.75, 3.05) is 6.54 Å². The molecule has 2 aromatic rings. The van der Waals surface area contributed by atoms with Gasteiger partial charge in [0, 0.05) is 31.4 Å². The van der Waals surface area contributed by atoms with Crippen molar-refractivity contribution >= 4 is 11.6 Å². The lowest BCUT2D eigenvalue weighted by Crippen LogP contribution is -2.35. The van der Waals surface area contributed by atoms with Crippen molar-refractivity contribution < 1.29 is 13.2 Å². The third-order valence-corrected chi connectivity index (χ3v) is 3.66. The highest BCUT2D eigenvalue weighted by molar-refractivity contribution is 6.30. The van der Waals surface area contributed by atoms with Gasteiger partial charge in [-0.25, -0.2) is 4.98 Å². The number of nitrogens with zero attached hydrogens (tertiary/aromatic N) is 5. The van der Waals surface area contributed by atoms with E-state index in [9.17, 15) is 13.2 Å². The van der Waals surface area contributed by atoms with Crippen LogP contribution in [-0.4, -0.2) is 31.2 Å². The minimum atomic E-state index is -4.47. The summed E-state index contributed by atoms with van der Waals surface area (Å²) in [4.78, 5) is 5.95. The van der Waals surface area contributed by atoms with Crippen LogP contribution in [0.5, 0.6) is 0 Å². The summed E-state index contributed by atoms with van der Waals surface area (Å²) in [6.07, 6.45) is -2.88. The van der Waals surface area contributed by atoms with Gasteiger partial charge < -0.3 is 4.57 Å². The van der Waals surface area contributed by atoms with Crippen LogP contribution in [0.15, 0.2) is 18.3 Å². The van der Waals surface area contributed by atoms with Crippen LogP contribution in [0.3, 0.4) is 0 Å². The molecule has 0 radical (unpaired) electrons. The maximum absolute atomic E-state index is 12.7. The molecular formula is C12H11ClF3N5. The van der Waals surface area contributed by atoms with Crippen LogP contribution >= 0.6 is 11.6 Å². The third-order valence-electron chi connectivity index (χ3n) is 3.32. The lowest BCUT2D eigenvalue weighted by Gasteiger charge is -2.27. The summed E-state index contributed by atoms with van der Waals surface area (Å²) in [6, 6.07) is 3.62. The van der Waals surface area contributed by atoms with Crippen LogP contribution < -0.4 is 0 Å². The van der Waals surface area contributed by atoms with Crippen LogP contribution in [0.25, 0.3) is 0 Å². The quantitative estimate of drug-likeness (QED) is 0.798. The number of hydrogen-bond donors (Lipinski definition) is 0. The maximum Gasteiger partial charge on any atom is 0.451 e. The number of fused-ring (bicyclic) bond motifs is 1. The van der Waals surface area contributed by atoms with Gasteiger partial charge in [0.15, 0.2) is 0 Å². The Kier molecular flexibility index (Phi) is 3.58. The predicted octanol–water partition coefficient (Wildman–Crippen LogP) is 2.36. The number of pyridine rings is 1. The van der Waals surface area contributed by atoms with Gasteiger partial charge in [0.25, 0.3) is 0 Å². The Balaban J connectivity index is 1.77. The first-order valence-electron chi connectivity index (χ1n) is 6.26. The molecule has 3 heterocycles. The van der Waals surface area contributed by atoms with Crippen molar-refractivity contribution in [1.82, 2.24) is 24.6 Å². The molecule has 0 N–H and O–H groups in total. The Bertz CT molecular complexity index is 655. The molecule has 0 amide bonds. The summed E-state index contributed by atoms with van der Waals surface area (Å²) < 4.78 is 39.4. The summed E-state index contributed by atoms with van der Waals surface area (Å²) in [5, 5.41) is 7.29. The van der Waals surface area contributed by atoms with Gasteiger partial charge >= 0.3 is 6.18 Å². The van der Waals surface area contributed by atoms with E-state index in [1.165, 1.54) is 0 Å². The van der Waals surface area contributed by atoms with Crippen molar-refractivity contribution in [3.05, 3.63) is 40.7 Å². The molecular weight excluding hydrogens is 307 g/mol. The highest BCUT2D eigenvalue weighted by atomic mass is 35.5. The van der Waals surface area contributed by atoms with E-state index in [2.05, 4.69) is 15.2 Å². The number of alkyl halides is 3. The topological polar surface area (TPSA) is 46.8 Å². The Morgan fingerprint density at radius 2 is 2.05 bits per heavy atom. The van der Waals surface area contributed by atoms with E-state index in [-0.39, 0.29) is 6.54 Å². The molecule has 112 valence electrons. The van der Waals surface area contributed by atoms with Gasteiger partial charge in [-0.2, -0.15) is 13.2 Å². The van der Waals surface area contributed by atoms with E-state index in [1.807, 2.05) is 11.0 Å². The van der Waals surface area contributed by atoms with Crippen molar-refractivity contribution in [1.29, 1.82) is 0 Å². The third kappa shape index (κ3) is 2.86. The molecule has 0 bridgehead atoms. The van der Waals surface area contributed by atoms with E-state index in [4.69, 9.17) is 11.6 Å². The minimum Gasteiger partial charge on any atom is -0.305 e. The van der Waals surface area contributed by atoms with E-state index < -0.39 is 12.0 Å². The lowest BCUT2D eigenvalue weighted by atomic mass is 10.2. The van der Waals surface area contributed by atoms with Crippen molar-refractivity contribution in [2.45, 2.75) is 25.8 Å². The minimum absolute atomic E-state index is 0.203. The summed E-state index contributed by atoms with van der Waals surface area (Å²) in [5.74, 6) is -0.620. The second-order valence-corrected chi connectivity index (χ2v) is 5.11. The van der Waals surface area contributed by atoms with Crippen LogP contribution in [0, 0.1) is 0 Å². The van der Waals surface area contributed by atoms with E-state index in [1.54, 1.807) is 12.3 Å². The Morgan fingerprint density at radius 3 is 2.76 bits per heavy atom. The number of hydrogen-bond acceptors (Lipinski definition) is 4. The fourth-order valence-corrected chi connectivity index (χ4v) is 2.51. The molecule has 21 heavy (non-hydrogen) atoms. The number of rotatable bonds is 2. The van der Waals surface area contributed by atoms with Gasteiger partial charge in [0.2, 0.25) is 5.82 Å². The molecule has 0 fully saturated rings. The Morgan fingerprint density at radius 1 is 1.24 bits per heavy atom. The first-order chi connectivity index (χ1) is 9.95. The summed E-state index contributed by atoms with van der Waals surface area (Å²) in [5.41, 5.74) is 0.836. The molecule has 0 saturated heterocycles. The number of halogens is 4. The number of aromatic nitrogens is 4. The molecule has 0 aromatic carbocycles. The van der Waals surface area contributed by atoms with Gasteiger partial charge in [-0.05, 0) is 6.07 Å². The van der Waals surface area contributed by atoms with Crippen LogP contribution in [0.2, 0.25) is 5.15 Å². The molecule has 1 aliphatic rings. The molecule has 0 unspecified atom stereocenters. The average Bonchev–Trinajstić information content (AvgIpc) is 2.84. The van der Waals surface area contributed by atoms with Crippen LogP contribution in [0.4, 0.5) is 13.2 Å². The zero-order chi connectivity index (χ0) is 15.0. The van der Waals surface area contributed by atoms with Gasteiger partial charge in [-0.1, -0.05) is 17.7 Å². The zero-order valence-corrected chi connectivity index (χ0v) is 11.6. The molecule has 1 aliphatic heterocycles. The molecule has 0 saturated carbocycles. The Hall–Kier alpha value is -1.67. The first-order valence-corrected chi connectivity index (χ1v) is 6.64. The first kappa shape index (κ1) is 14.3. The fourth-order valence-electron chi connectivity index (χ4n) is 2.33. The van der Waals surface area contributed by atoms with Crippen molar-refractivity contribution in [3.63, 3.8) is 0 Å². The molecule has 5 nitrogen and oxygen atoms in total. The van der Waals surface area contributed by atoms with Gasteiger partial charge in [-0.15, -0.1) is 10.2 Å². The molecule has 0 spiro atoms. The van der Waals surface area contributed by atoms with Crippen molar-refractivity contribution in [2.24, 2.45) is 0 Å². The highest BCUT2D eigenvalue weighted by Crippen LogP contribution is 2.29. The normalized spacial score (nSPS) is 16.0. The Labute approximate surface area is 123 Å². The van der Waals surface area contributed by atoms with Crippen molar-refractivity contribution in [3.8, 4) is 0 Å². The monoisotopic (exact) mass is 317 g/mol. The van der Waals surface area contributed by atoms with E-state index in [0.29, 0.717) is 30.6 Å². The molecule has 9 heteroatoms. The zero-order valence-electron chi connectivity index (χ0n) is 10.8. The molecule has 0 aliphatic carbocycles. The van der Waals surface area contributed by atoms with Gasteiger partial charge in [0.05, 0.1) is 6.54 Å². The standard InChI is InChI=1S/C12H11ClF3N5/c13-10-8(2-1-3-17-10)6-20-4-5-21-9(7-20)18-19-11(21)12(14,15)16/h1-3H,4-7H2. The molecule has 3 rings (SSSR count). The van der Waals surface area contributed by atoms with Gasteiger partial charge in [0.1, 0.15) is 11.0 Å². The second-order valence-electron chi connectivity index (χ2n) is 4.75.